The highest BCUT2D eigenvalue weighted by Crippen LogP contribution is 2.25. The first kappa shape index (κ1) is 12.1. The zero-order valence-electron chi connectivity index (χ0n) is 11.1. The Balaban J connectivity index is 2.25. The van der Waals surface area contributed by atoms with Crippen LogP contribution in [0.3, 0.4) is 0 Å². The van der Waals surface area contributed by atoms with Gasteiger partial charge in [0.25, 0.3) is 0 Å². The fraction of sp³-hybridized carbons (Fsp3) is 0.231. The monoisotopic (exact) mass is 273 g/mol. The van der Waals surface area contributed by atoms with Gasteiger partial charge in [0.2, 0.25) is 5.95 Å². The van der Waals surface area contributed by atoms with Gasteiger partial charge in [0.1, 0.15) is 5.52 Å². The maximum Gasteiger partial charge on any atom is 0.207 e. The van der Waals surface area contributed by atoms with Gasteiger partial charge in [0.05, 0.1) is 11.4 Å². The summed E-state index contributed by atoms with van der Waals surface area (Å²) < 4.78 is 3.75. The molecule has 0 fully saturated rings. The van der Waals surface area contributed by atoms with Crippen LogP contribution in [0.5, 0.6) is 0 Å². The van der Waals surface area contributed by atoms with Crippen LogP contribution in [-0.2, 0) is 7.05 Å². The second-order valence-corrected chi connectivity index (χ2v) is 5.26. The lowest BCUT2D eigenvalue weighted by Gasteiger charge is -2.07. The Labute approximate surface area is 115 Å². The Kier molecular flexibility index (Phi) is 2.74. The molecule has 0 aliphatic rings. The molecule has 0 aliphatic heterocycles. The van der Waals surface area contributed by atoms with E-state index in [0.29, 0.717) is 5.95 Å². The first-order valence-electron chi connectivity index (χ1n) is 5.93. The zero-order valence-corrected chi connectivity index (χ0v) is 11.9. The maximum atomic E-state index is 6.04. The number of hydrogen-bond donors (Lipinski definition) is 1. The number of nitrogens with zero attached hydrogens (tertiary/aromatic N) is 4. The third kappa shape index (κ3) is 1.79. The molecule has 0 bridgehead atoms. The third-order valence-electron chi connectivity index (χ3n) is 3.16. The molecular formula is C13H15N5S. The molecule has 6 heteroatoms. The van der Waals surface area contributed by atoms with E-state index in [0.717, 1.165) is 22.5 Å². The number of anilines is 1. The van der Waals surface area contributed by atoms with Crippen molar-refractivity contribution in [2.45, 2.75) is 11.8 Å². The van der Waals surface area contributed by atoms with E-state index in [2.05, 4.69) is 28.5 Å². The van der Waals surface area contributed by atoms with Gasteiger partial charge >= 0.3 is 0 Å². The average molecular weight is 273 g/mol. The van der Waals surface area contributed by atoms with Gasteiger partial charge in [0.15, 0.2) is 5.65 Å². The molecule has 98 valence electrons. The first-order valence-corrected chi connectivity index (χ1v) is 7.16. The number of aromatic nitrogens is 4. The van der Waals surface area contributed by atoms with E-state index in [1.807, 2.05) is 35.4 Å². The van der Waals surface area contributed by atoms with E-state index in [9.17, 15) is 0 Å². The Morgan fingerprint density at radius 1 is 1.21 bits per heavy atom. The summed E-state index contributed by atoms with van der Waals surface area (Å²) in [6.07, 6.45) is 2.06. The fourth-order valence-corrected chi connectivity index (χ4v) is 2.68. The number of nitrogen functional groups attached to an aromatic ring is 1. The summed E-state index contributed by atoms with van der Waals surface area (Å²) in [6, 6.07) is 8.25. The molecule has 0 saturated heterocycles. The zero-order chi connectivity index (χ0) is 13.6. The number of thioether (sulfide) groups is 1. The summed E-state index contributed by atoms with van der Waals surface area (Å²) in [5.41, 5.74) is 9.72. The van der Waals surface area contributed by atoms with Crippen LogP contribution in [-0.4, -0.2) is 25.6 Å². The summed E-state index contributed by atoms with van der Waals surface area (Å²) in [5.74, 6) is 0.489. The Hall–Kier alpha value is -1.95. The minimum atomic E-state index is 0.489. The van der Waals surface area contributed by atoms with Gasteiger partial charge in [-0.2, -0.15) is 5.10 Å². The van der Waals surface area contributed by atoms with Gasteiger partial charge in [0, 0.05) is 11.9 Å². The molecule has 3 rings (SSSR count). The van der Waals surface area contributed by atoms with Crippen molar-refractivity contribution in [2.24, 2.45) is 7.05 Å². The van der Waals surface area contributed by atoms with Crippen molar-refractivity contribution in [1.29, 1.82) is 0 Å². The van der Waals surface area contributed by atoms with E-state index in [-0.39, 0.29) is 0 Å². The van der Waals surface area contributed by atoms with E-state index in [4.69, 9.17) is 5.73 Å². The van der Waals surface area contributed by atoms with Crippen LogP contribution in [0.15, 0.2) is 29.2 Å². The highest BCUT2D eigenvalue weighted by molar-refractivity contribution is 7.98. The molecule has 0 saturated carbocycles. The minimum absolute atomic E-state index is 0.489. The van der Waals surface area contributed by atoms with Gasteiger partial charge in [-0.1, -0.05) is 0 Å². The van der Waals surface area contributed by atoms with Gasteiger partial charge < -0.3 is 5.73 Å². The molecular weight excluding hydrogens is 258 g/mol. The van der Waals surface area contributed by atoms with Crippen molar-refractivity contribution < 1.29 is 0 Å². The molecule has 1 aromatic carbocycles. The number of imidazole rings is 1. The van der Waals surface area contributed by atoms with Crippen LogP contribution >= 0.6 is 11.8 Å². The van der Waals surface area contributed by atoms with Crippen LogP contribution in [0.4, 0.5) is 5.95 Å². The number of aryl methyl sites for hydroxylation is 2. The van der Waals surface area contributed by atoms with Gasteiger partial charge in [-0.3, -0.25) is 4.57 Å². The van der Waals surface area contributed by atoms with Crippen molar-refractivity contribution in [3.63, 3.8) is 0 Å². The van der Waals surface area contributed by atoms with Crippen LogP contribution in [0.25, 0.3) is 16.9 Å². The fourth-order valence-electron chi connectivity index (χ4n) is 2.28. The molecule has 0 aliphatic carbocycles. The number of nitrogens with two attached hydrogens (primary N) is 1. The number of rotatable bonds is 2. The lowest BCUT2D eigenvalue weighted by atomic mass is 10.3. The van der Waals surface area contributed by atoms with E-state index < -0.39 is 0 Å². The van der Waals surface area contributed by atoms with Gasteiger partial charge in [-0.05, 0) is 37.4 Å². The molecule has 2 heterocycles. The first-order chi connectivity index (χ1) is 9.11. The minimum Gasteiger partial charge on any atom is -0.369 e. The lowest BCUT2D eigenvalue weighted by Crippen LogP contribution is -2.04. The molecule has 0 unspecified atom stereocenters. The van der Waals surface area contributed by atoms with Crippen molar-refractivity contribution in [1.82, 2.24) is 19.3 Å². The molecule has 2 aromatic heterocycles. The summed E-state index contributed by atoms with van der Waals surface area (Å²) in [5, 5.41) is 4.38. The van der Waals surface area contributed by atoms with Crippen molar-refractivity contribution in [3.8, 4) is 5.69 Å². The molecule has 0 radical (unpaired) electrons. The highest BCUT2D eigenvalue weighted by Gasteiger charge is 2.16. The quantitative estimate of drug-likeness (QED) is 0.728. The standard InChI is InChI=1S/C13H15N5S/c1-8-11-12(17(2)16-8)18(13(14)15-11)9-4-6-10(19-3)7-5-9/h4-7H,1-3H3,(H2,14,15). The summed E-state index contributed by atoms with van der Waals surface area (Å²) in [7, 11) is 1.91. The van der Waals surface area contributed by atoms with Crippen LogP contribution in [0.2, 0.25) is 0 Å². The highest BCUT2D eigenvalue weighted by atomic mass is 32.2. The van der Waals surface area contributed by atoms with Crippen molar-refractivity contribution in [2.75, 3.05) is 12.0 Å². The SMILES string of the molecule is CSc1ccc(-n2c(N)nc3c(C)nn(C)c32)cc1. The maximum absolute atomic E-state index is 6.04. The van der Waals surface area contributed by atoms with Crippen molar-refractivity contribution in [3.05, 3.63) is 30.0 Å². The van der Waals surface area contributed by atoms with Crippen LogP contribution in [0.1, 0.15) is 5.69 Å². The van der Waals surface area contributed by atoms with E-state index >= 15 is 0 Å². The molecule has 0 amide bonds. The second-order valence-electron chi connectivity index (χ2n) is 4.38. The smallest absolute Gasteiger partial charge is 0.207 e. The Morgan fingerprint density at radius 2 is 1.89 bits per heavy atom. The number of benzene rings is 1. The molecule has 5 nitrogen and oxygen atoms in total. The van der Waals surface area contributed by atoms with E-state index in [1.54, 1.807) is 11.8 Å². The number of fused-ring (bicyclic) bond motifs is 1. The molecule has 0 atom stereocenters. The summed E-state index contributed by atoms with van der Waals surface area (Å²) in [4.78, 5) is 5.63. The molecule has 2 N–H and O–H groups in total. The van der Waals surface area contributed by atoms with Crippen LogP contribution < -0.4 is 5.73 Å². The molecule has 3 aromatic rings. The summed E-state index contributed by atoms with van der Waals surface area (Å²) in [6.45, 7) is 1.94. The predicted octanol–water partition coefficient (Wildman–Crippen LogP) is 2.37. The Morgan fingerprint density at radius 3 is 2.53 bits per heavy atom. The largest absolute Gasteiger partial charge is 0.369 e. The van der Waals surface area contributed by atoms with Crippen LogP contribution in [0, 0.1) is 6.92 Å². The topological polar surface area (TPSA) is 61.7 Å². The molecule has 0 spiro atoms. The van der Waals surface area contributed by atoms with E-state index in [1.165, 1.54) is 4.90 Å². The van der Waals surface area contributed by atoms with Gasteiger partial charge in [-0.25, -0.2) is 9.67 Å². The lowest BCUT2D eigenvalue weighted by molar-refractivity contribution is 0.762. The number of hydrogen-bond acceptors (Lipinski definition) is 4. The van der Waals surface area contributed by atoms with Gasteiger partial charge in [-0.15, -0.1) is 11.8 Å². The van der Waals surface area contributed by atoms with Crippen molar-refractivity contribution >= 4 is 28.9 Å². The third-order valence-corrected chi connectivity index (χ3v) is 3.90. The molecule has 19 heavy (non-hydrogen) atoms. The second kappa shape index (κ2) is 4.31. The predicted molar refractivity (Wildman–Crippen MR) is 78.8 cm³/mol. The summed E-state index contributed by atoms with van der Waals surface area (Å²) >= 11 is 1.72. The average Bonchev–Trinajstić information content (AvgIpc) is 2.88. The normalized spacial score (nSPS) is 11.3. The Bertz CT molecular complexity index is 739.